The van der Waals surface area contributed by atoms with Crippen LogP contribution >= 0.6 is 38.9 Å². The molecule has 0 N–H and O–H groups in total. The lowest BCUT2D eigenvalue weighted by Gasteiger charge is -2.05. The molecule has 94 valence electrons. The van der Waals surface area contributed by atoms with Gasteiger partial charge in [-0.1, -0.05) is 17.7 Å². The highest BCUT2D eigenvalue weighted by atomic mass is 79.9. The Balaban J connectivity index is 2.17. The van der Waals surface area contributed by atoms with Gasteiger partial charge in [-0.2, -0.15) is 0 Å². The molecule has 5 heteroatoms. The van der Waals surface area contributed by atoms with E-state index in [9.17, 15) is 4.79 Å². The van der Waals surface area contributed by atoms with Gasteiger partial charge in [0, 0.05) is 6.42 Å². The number of rotatable bonds is 4. The summed E-state index contributed by atoms with van der Waals surface area (Å²) in [5.74, 6) is 0.785. The minimum atomic E-state index is 0.0343. The van der Waals surface area contributed by atoms with Crippen molar-refractivity contribution in [3.05, 3.63) is 49.6 Å². The van der Waals surface area contributed by atoms with Crippen LogP contribution in [0, 0.1) is 0 Å². The number of halogens is 2. The molecule has 1 aromatic heterocycles. The molecule has 2 nitrogen and oxygen atoms in total. The molecule has 1 heterocycles. The molecular weight excluding hydrogens is 336 g/mol. The second-order valence-electron chi connectivity index (χ2n) is 3.67. The molecule has 0 aliphatic carbocycles. The molecule has 0 atom stereocenters. The number of thiophene rings is 1. The lowest BCUT2D eigenvalue weighted by Crippen LogP contribution is -2.02. The monoisotopic (exact) mass is 344 g/mol. The number of hydrogen-bond acceptors (Lipinski definition) is 3. The largest absolute Gasteiger partial charge is 0.496 e. The molecule has 0 unspecified atom stereocenters. The van der Waals surface area contributed by atoms with E-state index in [-0.39, 0.29) is 5.78 Å². The van der Waals surface area contributed by atoms with E-state index in [0.29, 0.717) is 16.3 Å². The van der Waals surface area contributed by atoms with Gasteiger partial charge in [0.25, 0.3) is 0 Å². The Morgan fingerprint density at radius 2 is 2.22 bits per heavy atom. The van der Waals surface area contributed by atoms with Gasteiger partial charge >= 0.3 is 0 Å². The van der Waals surface area contributed by atoms with Gasteiger partial charge in [-0.15, -0.1) is 11.3 Å². The third-order valence-corrected chi connectivity index (χ3v) is 4.45. The number of methoxy groups -OCH3 is 1. The first-order chi connectivity index (χ1) is 8.61. The molecule has 0 amide bonds. The standard InChI is InChI=1S/C13H10BrClO2S/c1-17-12-3-2-8(6-9(12)14)7-11(16)13-10(15)4-5-18-13/h2-6H,7H2,1H3. The first kappa shape index (κ1) is 13.6. The van der Waals surface area contributed by atoms with Gasteiger partial charge in [0.2, 0.25) is 0 Å². The number of hydrogen-bond donors (Lipinski definition) is 0. The SMILES string of the molecule is COc1ccc(CC(=O)c2sccc2Cl)cc1Br. The summed E-state index contributed by atoms with van der Waals surface area (Å²) < 4.78 is 5.99. The number of benzene rings is 1. The van der Waals surface area contributed by atoms with Crippen molar-refractivity contribution in [2.75, 3.05) is 7.11 Å². The topological polar surface area (TPSA) is 26.3 Å². The number of Topliss-reactive ketones (excluding diaryl/α,β-unsaturated/α-hetero) is 1. The van der Waals surface area contributed by atoms with Gasteiger partial charge < -0.3 is 4.74 Å². The van der Waals surface area contributed by atoms with Crippen LogP contribution < -0.4 is 4.74 Å². The summed E-state index contributed by atoms with van der Waals surface area (Å²) in [5, 5.41) is 2.34. The van der Waals surface area contributed by atoms with E-state index in [4.69, 9.17) is 16.3 Å². The molecule has 2 aromatic rings. The highest BCUT2D eigenvalue weighted by Crippen LogP contribution is 2.27. The fourth-order valence-electron chi connectivity index (χ4n) is 1.58. The van der Waals surface area contributed by atoms with E-state index in [1.165, 1.54) is 11.3 Å². The number of carbonyl (C=O) groups is 1. The third kappa shape index (κ3) is 2.94. The zero-order valence-corrected chi connectivity index (χ0v) is 12.7. The van der Waals surface area contributed by atoms with Gasteiger partial charge in [0.05, 0.1) is 21.5 Å². The van der Waals surface area contributed by atoms with E-state index in [1.807, 2.05) is 23.6 Å². The van der Waals surface area contributed by atoms with Crippen LogP contribution in [0.25, 0.3) is 0 Å². The quantitative estimate of drug-likeness (QED) is 0.757. The van der Waals surface area contributed by atoms with Crippen molar-refractivity contribution in [3.63, 3.8) is 0 Å². The Labute approximate surface area is 123 Å². The van der Waals surface area contributed by atoms with Gasteiger partial charge in [-0.3, -0.25) is 4.79 Å². The first-order valence-corrected chi connectivity index (χ1v) is 7.25. The maximum absolute atomic E-state index is 12.0. The number of ether oxygens (including phenoxy) is 1. The summed E-state index contributed by atoms with van der Waals surface area (Å²) >= 11 is 10.7. The van der Waals surface area contributed by atoms with Crippen molar-refractivity contribution in [2.24, 2.45) is 0 Å². The van der Waals surface area contributed by atoms with E-state index in [0.717, 1.165) is 15.8 Å². The lowest BCUT2D eigenvalue weighted by atomic mass is 10.1. The predicted molar refractivity (Wildman–Crippen MR) is 78.1 cm³/mol. The molecule has 18 heavy (non-hydrogen) atoms. The molecule has 0 saturated heterocycles. The minimum absolute atomic E-state index is 0.0343. The van der Waals surface area contributed by atoms with Gasteiger partial charge in [-0.25, -0.2) is 0 Å². The van der Waals surface area contributed by atoms with Crippen LogP contribution in [0.2, 0.25) is 5.02 Å². The van der Waals surface area contributed by atoms with Crippen molar-refractivity contribution >= 4 is 44.7 Å². The Hall–Kier alpha value is -0.840. The third-order valence-electron chi connectivity index (χ3n) is 2.45. The zero-order valence-electron chi connectivity index (χ0n) is 9.57. The van der Waals surface area contributed by atoms with Gasteiger partial charge in [0.15, 0.2) is 5.78 Å². The molecule has 0 spiro atoms. The number of carbonyl (C=O) groups excluding carboxylic acids is 1. The maximum Gasteiger partial charge on any atom is 0.178 e. The smallest absolute Gasteiger partial charge is 0.178 e. The first-order valence-electron chi connectivity index (χ1n) is 5.20. The van der Waals surface area contributed by atoms with Crippen LogP contribution in [0.15, 0.2) is 34.1 Å². The summed E-state index contributed by atoms with van der Waals surface area (Å²) in [6.45, 7) is 0. The van der Waals surface area contributed by atoms with Gasteiger partial charge in [-0.05, 0) is 45.1 Å². The van der Waals surface area contributed by atoms with Crippen LogP contribution in [-0.4, -0.2) is 12.9 Å². The Morgan fingerprint density at radius 3 is 2.78 bits per heavy atom. The van der Waals surface area contributed by atoms with Crippen LogP contribution in [0.1, 0.15) is 15.2 Å². The molecule has 0 saturated carbocycles. The van der Waals surface area contributed by atoms with E-state index < -0.39 is 0 Å². The van der Waals surface area contributed by atoms with E-state index in [1.54, 1.807) is 13.2 Å². The van der Waals surface area contributed by atoms with Crippen molar-refractivity contribution in [1.82, 2.24) is 0 Å². The number of ketones is 1. The van der Waals surface area contributed by atoms with Crippen molar-refractivity contribution in [2.45, 2.75) is 6.42 Å². The van der Waals surface area contributed by atoms with Gasteiger partial charge in [0.1, 0.15) is 5.75 Å². The predicted octanol–water partition coefficient (Wildman–Crippen LogP) is 4.60. The highest BCUT2D eigenvalue weighted by molar-refractivity contribution is 9.10. The molecule has 0 aliphatic rings. The molecule has 0 radical (unpaired) electrons. The van der Waals surface area contributed by atoms with Crippen molar-refractivity contribution < 1.29 is 9.53 Å². The molecule has 0 bridgehead atoms. The average Bonchev–Trinajstić information content (AvgIpc) is 2.76. The molecule has 0 fully saturated rings. The van der Waals surface area contributed by atoms with Crippen LogP contribution in [0.3, 0.4) is 0 Å². The molecule has 2 rings (SSSR count). The lowest BCUT2D eigenvalue weighted by molar-refractivity contribution is 0.0997. The highest BCUT2D eigenvalue weighted by Gasteiger charge is 2.13. The minimum Gasteiger partial charge on any atom is -0.496 e. The Bertz CT molecular complexity index is 580. The summed E-state index contributed by atoms with van der Waals surface area (Å²) in [4.78, 5) is 12.7. The van der Waals surface area contributed by atoms with Crippen LogP contribution in [0.4, 0.5) is 0 Å². The molecule has 1 aromatic carbocycles. The zero-order chi connectivity index (χ0) is 13.1. The fraction of sp³-hybridized carbons (Fsp3) is 0.154. The summed E-state index contributed by atoms with van der Waals surface area (Å²) in [5.41, 5.74) is 0.928. The van der Waals surface area contributed by atoms with Crippen molar-refractivity contribution in [1.29, 1.82) is 0 Å². The van der Waals surface area contributed by atoms with E-state index in [2.05, 4.69) is 15.9 Å². The van der Waals surface area contributed by atoms with Crippen LogP contribution in [0.5, 0.6) is 5.75 Å². The van der Waals surface area contributed by atoms with E-state index >= 15 is 0 Å². The maximum atomic E-state index is 12.0. The average molecular weight is 346 g/mol. The second kappa shape index (κ2) is 5.87. The van der Waals surface area contributed by atoms with Crippen LogP contribution in [-0.2, 0) is 6.42 Å². The summed E-state index contributed by atoms with van der Waals surface area (Å²) in [6.07, 6.45) is 0.336. The molecule has 0 aliphatic heterocycles. The molecular formula is C13H10BrClO2S. The summed E-state index contributed by atoms with van der Waals surface area (Å²) in [6, 6.07) is 7.34. The van der Waals surface area contributed by atoms with Crippen molar-refractivity contribution in [3.8, 4) is 5.75 Å². The normalized spacial score (nSPS) is 10.4. The second-order valence-corrected chi connectivity index (χ2v) is 5.84. The Kier molecular flexibility index (Phi) is 4.43. The fourth-order valence-corrected chi connectivity index (χ4v) is 3.27. The Morgan fingerprint density at radius 1 is 1.44 bits per heavy atom. The summed E-state index contributed by atoms with van der Waals surface area (Å²) in [7, 11) is 1.61.